The van der Waals surface area contributed by atoms with E-state index in [0.29, 0.717) is 30.6 Å². The molecule has 0 aliphatic heterocycles. The SMILES string of the molecule is C[C@]12C=CC(=O)CC1=CC[C@@H]1[C@@H]2CC[C@@]2(C)[C@H]1CCC2(O)O. The molecule has 0 aromatic carbocycles. The van der Waals surface area contributed by atoms with Crippen molar-refractivity contribution in [1.29, 1.82) is 0 Å². The van der Waals surface area contributed by atoms with Gasteiger partial charge in [0.2, 0.25) is 0 Å². The van der Waals surface area contributed by atoms with Gasteiger partial charge in [0.05, 0.1) is 0 Å². The van der Waals surface area contributed by atoms with Gasteiger partial charge in [0.15, 0.2) is 11.6 Å². The zero-order chi connectivity index (χ0) is 15.8. The lowest BCUT2D eigenvalue weighted by atomic mass is 9.49. The molecular formula is C19H26O3. The van der Waals surface area contributed by atoms with Gasteiger partial charge < -0.3 is 10.2 Å². The van der Waals surface area contributed by atoms with Crippen LogP contribution in [0.4, 0.5) is 0 Å². The van der Waals surface area contributed by atoms with E-state index >= 15 is 0 Å². The molecule has 0 radical (unpaired) electrons. The summed E-state index contributed by atoms with van der Waals surface area (Å²) in [6, 6.07) is 0. The second kappa shape index (κ2) is 4.33. The zero-order valence-corrected chi connectivity index (χ0v) is 13.5. The topological polar surface area (TPSA) is 57.5 Å². The van der Waals surface area contributed by atoms with E-state index in [0.717, 1.165) is 25.7 Å². The molecule has 0 aromatic heterocycles. The highest BCUT2D eigenvalue weighted by Crippen LogP contribution is 2.65. The molecule has 22 heavy (non-hydrogen) atoms. The Hall–Kier alpha value is -0.930. The van der Waals surface area contributed by atoms with Crippen molar-refractivity contribution < 1.29 is 15.0 Å². The maximum absolute atomic E-state index is 11.7. The fraction of sp³-hybridized carbons (Fsp3) is 0.737. The van der Waals surface area contributed by atoms with E-state index in [9.17, 15) is 15.0 Å². The smallest absolute Gasteiger partial charge is 0.168 e. The first-order chi connectivity index (χ1) is 10.3. The van der Waals surface area contributed by atoms with Crippen molar-refractivity contribution in [3.05, 3.63) is 23.8 Å². The first-order valence-corrected chi connectivity index (χ1v) is 8.64. The Labute approximate surface area is 132 Å². The number of hydrogen-bond acceptors (Lipinski definition) is 3. The standard InChI is InChI=1S/C19H26O3/c1-17-8-5-13(20)11-12(17)3-4-14-15(17)6-9-18(2)16(14)7-10-19(18,21)22/h3,5,8,14-16,21-22H,4,6-7,9-11H2,1-2H3/t14-,15+,16+,17+,18+/m1/s1. The molecule has 0 aromatic rings. The van der Waals surface area contributed by atoms with Crippen molar-refractivity contribution in [1.82, 2.24) is 0 Å². The molecule has 3 nitrogen and oxygen atoms in total. The molecular weight excluding hydrogens is 276 g/mol. The summed E-state index contributed by atoms with van der Waals surface area (Å²) in [6.45, 7) is 4.35. The first-order valence-electron chi connectivity index (χ1n) is 8.64. The van der Waals surface area contributed by atoms with Crippen LogP contribution < -0.4 is 0 Å². The van der Waals surface area contributed by atoms with Crippen LogP contribution in [0.15, 0.2) is 23.8 Å². The van der Waals surface area contributed by atoms with Gasteiger partial charge in [-0.1, -0.05) is 31.6 Å². The number of rotatable bonds is 0. The second-order valence-electron chi connectivity index (χ2n) is 8.41. The Bertz CT molecular complexity index is 587. The number of carbonyl (C=O) groups excluding carboxylic acids is 1. The van der Waals surface area contributed by atoms with Gasteiger partial charge in [-0.3, -0.25) is 4.79 Å². The monoisotopic (exact) mass is 302 g/mol. The molecule has 4 rings (SSSR count). The number of ketones is 1. The van der Waals surface area contributed by atoms with Crippen LogP contribution in [0, 0.1) is 28.6 Å². The van der Waals surface area contributed by atoms with Gasteiger partial charge in [-0.15, -0.1) is 0 Å². The predicted octanol–water partition coefficient (Wildman–Crippen LogP) is 2.98. The molecule has 0 heterocycles. The number of hydrogen-bond donors (Lipinski definition) is 2. The molecule has 0 spiro atoms. The lowest BCUT2D eigenvalue weighted by molar-refractivity contribution is -0.245. The number of aliphatic hydroxyl groups is 2. The Morgan fingerprint density at radius 3 is 2.64 bits per heavy atom. The molecule has 0 saturated heterocycles. The highest BCUT2D eigenvalue weighted by Gasteiger charge is 2.63. The van der Waals surface area contributed by atoms with Crippen LogP contribution in [0.3, 0.4) is 0 Å². The van der Waals surface area contributed by atoms with Crippen molar-refractivity contribution in [2.75, 3.05) is 0 Å². The minimum Gasteiger partial charge on any atom is -0.365 e. The van der Waals surface area contributed by atoms with Gasteiger partial charge in [-0.25, -0.2) is 0 Å². The summed E-state index contributed by atoms with van der Waals surface area (Å²) in [5.74, 6) is 0.122. The third-order valence-electron chi connectivity index (χ3n) is 7.62. The molecule has 0 amide bonds. The van der Waals surface area contributed by atoms with Gasteiger partial charge in [-0.2, -0.15) is 0 Å². The Morgan fingerprint density at radius 2 is 1.86 bits per heavy atom. The van der Waals surface area contributed by atoms with E-state index < -0.39 is 5.79 Å². The highest BCUT2D eigenvalue weighted by molar-refractivity contribution is 5.93. The Kier molecular flexibility index (Phi) is 2.88. The molecule has 120 valence electrons. The van der Waals surface area contributed by atoms with E-state index in [1.807, 2.05) is 0 Å². The van der Waals surface area contributed by atoms with Gasteiger partial charge in [-0.05, 0) is 49.5 Å². The summed E-state index contributed by atoms with van der Waals surface area (Å²) < 4.78 is 0. The molecule has 2 fully saturated rings. The van der Waals surface area contributed by atoms with Gasteiger partial charge >= 0.3 is 0 Å². The summed E-state index contributed by atoms with van der Waals surface area (Å²) in [5, 5.41) is 20.9. The fourth-order valence-electron chi connectivity index (χ4n) is 6.10. The van der Waals surface area contributed by atoms with E-state index in [4.69, 9.17) is 0 Å². The van der Waals surface area contributed by atoms with Crippen LogP contribution in [-0.4, -0.2) is 21.8 Å². The molecule has 2 N–H and O–H groups in total. The Balaban J connectivity index is 1.73. The average Bonchev–Trinajstić information content (AvgIpc) is 2.70. The molecule has 0 unspecified atom stereocenters. The molecule has 3 heteroatoms. The molecule has 2 saturated carbocycles. The number of carbonyl (C=O) groups is 1. The minimum absolute atomic E-state index is 0.00564. The van der Waals surface area contributed by atoms with E-state index in [-0.39, 0.29) is 16.6 Å². The van der Waals surface area contributed by atoms with Crippen LogP contribution in [0.25, 0.3) is 0 Å². The minimum atomic E-state index is -1.51. The maximum Gasteiger partial charge on any atom is 0.168 e. The summed E-state index contributed by atoms with van der Waals surface area (Å²) in [4.78, 5) is 11.7. The summed E-state index contributed by atoms with van der Waals surface area (Å²) in [7, 11) is 0. The molecule has 4 aliphatic rings. The van der Waals surface area contributed by atoms with Crippen molar-refractivity contribution in [3.63, 3.8) is 0 Å². The maximum atomic E-state index is 11.7. The lowest BCUT2D eigenvalue weighted by Crippen LogP contribution is -2.54. The fourth-order valence-corrected chi connectivity index (χ4v) is 6.10. The number of fused-ring (bicyclic) bond motifs is 5. The lowest BCUT2D eigenvalue weighted by Gasteiger charge is -2.56. The summed E-state index contributed by atoms with van der Waals surface area (Å²) in [5.41, 5.74) is 0.917. The Morgan fingerprint density at radius 1 is 1.14 bits per heavy atom. The first kappa shape index (κ1) is 14.6. The van der Waals surface area contributed by atoms with Crippen LogP contribution in [0.2, 0.25) is 0 Å². The summed E-state index contributed by atoms with van der Waals surface area (Å²) >= 11 is 0. The average molecular weight is 302 g/mol. The predicted molar refractivity (Wildman–Crippen MR) is 83.8 cm³/mol. The highest BCUT2D eigenvalue weighted by atomic mass is 16.5. The van der Waals surface area contributed by atoms with Crippen LogP contribution in [0.1, 0.15) is 52.4 Å². The van der Waals surface area contributed by atoms with Crippen LogP contribution >= 0.6 is 0 Å². The second-order valence-corrected chi connectivity index (χ2v) is 8.41. The normalized spacial score (nSPS) is 49.2. The largest absolute Gasteiger partial charge is 0.365 e. The number of allylic oxidation sites excluding steroid dienone is 4. The van der Waals surface area contributed by atoms with E-state index in [1.165, 1.54) is 5.57 Å². The quantitative estimate of drug-likeness (QED) is 0.534. The van der Waals surface area contributed by atoms with E-state index in [2.05, 4.69) is 26.0 Å². The van der Waals surface area contributed by atoms with Gasteiger partial charge in [0.1, 0.15) is 0 Å². The van der Waals surface area contributed by atoms with Crippen molar-refractivity contribution in [2.24, 2.45) is 28.6 Å². The van der Waals surface area contributed by atoms with Gasteiger partial charge in [0.25, 0.3) is 0 Å². The molecule has 4 aliphatic carbocycles. The van der Waals surface area contributed by atoms with Crippen molar-refractivity contribution >= 4 is 5.78 Å². The third-order valence-corrected chi connectivity index (χ3v) is 7.62. The van der Waals surface area contributed by atoms with Crippen LogP contribution in [-0.2, 0) is 4.79 Å². The molecule has 0 bridgehead atoms. The van der Waals surface area contributed by atoms with Crippen molar-refractivity contribution in [2.45, 2.75) is 58.2 Å². The van der Waals surface area contributed by atoms with Gasteiger partial charge in [0, 0.05) is 23.7 Å². The van der Waals surface area contributed by atoms with Crippen LogP contribution in [0.5, 0.6) is 0 Å². The third kappa shape index (κ3) is 1.67. The molecule has 5 atom stereocenters. The summed E-state index contributed by atoms with van der Waals surface area (Å²) in [6.07, 6.45) is 11.0. The van der Waals surface area contributed by atoms with E-state index in [1.54, 1.807) is 6.08 Å². The zero-order valence-electron chi connectivity index (χ0n) is 13.5. The van der Waals surface area contributed by atoms with Crippen molar-refractivity contribution in [3.8, 4) is 0 Å².